The molecule has 0 aromatic carbocycles. The molecule has 4 nitrogen and oxygen atoms in total. The van der Waals surface area contributed by atoms with E-state index in [1.165, 1.54) is 25.7 Å². The average molecular weight is 355 g/mol. The molecule has 0 amide bonds. The van der Waals surface area contributed by atoms with Gasteiger partial charge < -0.3 is 9.47 Å². The van der Waals surface area contributed by atoms with E-state index in [0.717, 1.165) is 50.9 Å². The van der Waals surface area contributed by atoms with Crippen molar-refractivity contribution in [3.63, 3.8) is 0 Å². The van der Waals surface area contributed by atoms with E-state index in [1.807, 2.05) is 6.92 Å². The van der Waals surface area contributed by atoms with Crippen molar-refractivity contribution in [2.75, 3.05) is 13.2 Å². The zero-order valence-electron chi connectivity index (χ0n) is 16.6. The average Bonchev–Trinajstić information content (AvgIpc) is 2.61. The SMILES string of the molecule is CCCOC(=O)C1CCCCC1C(=O)OCCCCCCCC(C)C. The Morgan fingerprint density at radius 1 is 0.840 bits per heavy atom. The van der Waals surface area contributed by atoms with Crippen molar-refractivity contribution in [3.05, 3.63) is 0 Å². The van der Waals surface area contributed by atoms with Gasteiger partial charge in [0.15, 0.2) is 0 Å². The van der Waals surface area contributed by atoms with Crippen LogP contribution < -0.4 is 0 Å². The molecule has 0 radical (unpaired) electrons. The fraction of sp³-hybridized carbons (Fsp3) is 0.905. The standard InChI is InChI=1S/C21H38O4/c1-4-15-24-20(22)18-13-9-10-14-19(18)21(23)25-16-11-7-5-6-8-12-17(2)3/h17-19H,4-16H2,1-3H3. The summed E-state index contributed by atoms with van der Waals surface area (Å²) in [5.41, 5.74) is 0. The second-order valence-corrected chi connectivity index (χ2v) is 7.78. The van der Waals surface area contributed by atoms with Gasteiger partial charge in [-0.05, 0) is 31.6 Å². The lowest BCUT2D eigenvalue weighted by molar-refractivity contribution is -0.163. The van der Waals surface area contributed by atoms with E-state index in [4.69, 9.17) is 9.47 Å². The predicted octanol–water partition coefficient (Wildman–Crippen LogP) is 5.29. The Morgan fingerprint density at radius 2 is 1.36 bits per heavy atom. The summed E-state index contributed by atoms with van der Waals surface area (Å²) < 4.78 is 10.7. The summed E-state index contributed by atoms with van der Waals surface area (Å²) in [4.78, 5) is 24.5. The molecule has 0 bridgehead atoms. The topological polar surface area (TPSA) is 52.6 Å². The van der Waals surface area contributed by atoms with Crippen LogP contribution in [0.5, 0.6) is 0 Å². The lowest BCUT2D eigenvalue weighted by atomic mass is 9.79. The van der Waals surface area contributed by atoms with E-state index in [1.54, 1.807) is 0 Å². The minimum Gasteiger partial charge on any atom is -0.465 e. The van der Waals surface area contributed by atoms with Crippen LogP contribution in [0.15, 0.2) is 0 Å². The van der Waals surface area contributed by atoms with Gasteiger partial charge in [0.05, 0.1) is 25.0 Å². The Morgan fingerprint density at radius 3 is 1.92 bits per heavy atom. The molecule has 146 valence electrons. The number of carbonyl (C=O) groups is 2. The second kappa shape index (κ2) is 13.2. The van der Waals surface area contributed by atoms with Crippen LogP contribution in [-0.2, 0) is 19.1 Å². The van der Waals surface area contributed by atoms with Crippen LogP contribution in [0.2, 0.25) is 0 Å². The molecule has 0 aromatic heterocycles. The van der Waals surface area contributed by atoms with E-state index in [9.17, 15) is 9.59 Å². The first-order valence-electron chi connectivity index (χ1n) is 10.4. The third-order valence-electron chi connectivity index (χ3n) is 4.99. The maximum absolute atomic E-state index is 12.4. The molecule has 0 spiro atoms. The zero-order chi connectivity index (χ0) is 18.5. The molecule has 1 fully saturated rings. The van der Waals surface area contributed by atoms with Gasteiger partial charge in [0.25, 0.3) is 0 Å². The van der Waals surface area contributed by atoms with Crippen LogP contribution in [0.1, 0.15) is 91.4 Å². The van der Waals surface area contributed by atoms with Gasteiger partial charge in [-0.1, -0.05) is 65.7 Å². The molecule has 1 rings (SSSR count). The minimum atomic E-state index is -0.302. The first-order valence-corrected chi connectivity index (χ1v) is 10.4. The smallest absolute Gasteiger partial charge is 0.309 e. The highest BCUT2D eigenvalue weighted by Crippen LogP contribution is 2.32. The molecule has 25 heavy (non-hydrogen) atoms. The number of esters is 2. The van der Waals surface area contributed by atoms with Crippen molar-refractivity contribution in [1.29, 1.82) is 0 Å². The van der Waals surface area contributed by atoms with E-state index < -0.39 is 0 Å². The number of carbonyl (C=O) groups excluding carboxylic acids is 2. The van der Waals surface area contributed by atoms with Crippen molar-refractivity contribution >= 4 is 11.9 Å². The molecule has 0 heterocycles. The van der Waals surface area contributed by atoms with Crippen molar-refractivity contribution in [2.24, 2.45) is 17.8 Å². The van der Waals surface area contributed by atoms with E-state index >= 15 is 0 Å². The summed E-state index contributed by atoms with van der Waals surface area (Å²) in [5, 5.41) is 0. The fourth-order valence-electron chi connectivity index (χ4n) is 3.47. The Hall–Kier alpha value is -1.06. The Kier molecular flexibility index (Phi) is 11.6. The predicted molar refractivity (Wildman–Crippen MR) is 100 cm³/mol. The van der Waals surface area contributed by atoms with Crippen molar-refractivity contribution < 1.29 is 19.1 Å². The van der Waals surface area contributed by atoms with E-state index in [2.05, 4.69) is 13.8 Å². The Balaban J connectivity index is 2.21. The van der Waals surface area contributed by atoms with E-state index in [-0.39, 0.29) is 23.8 Å². The highest BCUT2D eigenvalue weighted by atomic mass is 16.5. The summed E-state index contributed by atoms with van der Waals surface area (Å²) in [5.74, 6) is -0.229. The number of hydrogen-bond donors (Lipinski definition) is 0. The van der Waals surface area contributed by atoms with Crippen LogP contribution >= 0.6 is 0 Å². The molecule has 1 aliphatic rings. The summed E-state index contributed by atoms with van der Waals surface area (Å²) >= 11 is 0. The van der Waals surface area contributed by atoms with Crippen molar-refractivity contribution in [3.8, 4) is 0 Å². The molecule has 0 saturated heterocycles. The summed E-state index contributed by atoms with van der Waals surface area (Å²) in [7, 11) is 0. The summed E-state index contributed by atoms with van der Waals surface area (Å²) in [6, 6.07) is 0. The molecule has 4 heteroatoms. The molecule has 1 aliphatic carbocycles. The van der Waals surface area contributed by atoms with Crippen LogP contribution in [0.3, 0.4) is 0 Å². The van der Waals surface area contributed by atoms with Gasteiger partial charge in [0, 0.05) is 0 Å². The van der Waals surface area contributed by atoms with Gasteiger partial charge >= 0.3 is 11.9 Å². The number of unbranched alkanes of at least 4 members (excludes halogenated alkanes) is 4. The lowest BCUT2D eigenvalue weighted by Gasteiger charge is -2.28. The van der Waals surface area contributed by atoms with Crippen molar-refractivity contribution in [1.82, 2.24) is 0 Å². The first kappa shape index (κ1) is 22.0. The molecule has 0 aromatic rings. The largest absolute Gasteiger partial charge is 0.465 e. The van der Waals surface area contributed by atoms with E-state index in [0.29, 0.717) is 13.2 Å². The van der Waals surface area contributed by atoms with Gasteiger partial charge in [-0.15, -0.1) is 0 Å². The molecule has 1 saturated carbocycles. The third-order valence-corrected chi connectivity index (χ3v) is 4.99. The van der Waals surface area contributed by atoms with Crippen LogP contribution in [0.25, 0.3) is 0 Å². The summed E-state index contributed by atoms with van der Waals surface area (Å²) in [6.07, 6.45) is 11.4. The number of ether oxygens (including phenoxy) is 2. The molecule has 2 unspecified atom stereocenters. The van der Waals surface area contributed by atoms with Gasteiger partial charge in [-0.2, -0.15) is 0 Å². The monoisotopic (exact) mass is 354 g/mol. The van der Waals surface area contributed by atoms with Gasteiger partial charge in [0.1, 0.15) is 0 Å². The van der Waals surface area contributed by atoms with Crippen LogP contribution in [0.4, 0.5) is 0 Å². The van der Waals surface area contributed by atoms with Gasteiger partial charge in [-0.3, -0.25) is 9.59 Å². The fourth-order valence-corrected chi connectivity index (χ4v) is 3.47. The normalized spacial score (nSPS) is 20.5. The van der Waals surface area contributed by atoms with Gasteiger partial charge in [-0.25, -0.2) is 0 Å². The Labute approximate surface area is 154 Å². The third kappa shape index (κ3) is 9.27. The maximum atomic E-state index is 12.4. The second-order valence-electron chi connectivity index (χ2n) is 7.78. The maximum Gasteiger partial charge on any atom is 0.309 e. The van der Waals surface area contributed by atoms with Crippen LogP contribution in [-0.4, -0.2) is 25.2 Å². The van der Waals surface area contributed by atoms with Gasteiger partial charge in [0.2, 0.25) is 0 Å². The lowest BCUT2D eigenvalue weighted by Crippen LogP contribution is -2.35. The molecule has 0 aliphatic heterocycles. The number of hydrogen-bond acceptors (Lipinski definition) is 4. The molecule has 2 atom stereocenters. The number of rotatable bonds is 12. The molecular weight excluding hydrogens is 316 g/mol. The van der Waals surface area contributed by atoms with Crippen molar-refractivity contribution in [2.45, 2.75) is 91.4 Å². The molecular formula is C21H38O4. The Bertz CT molecular complexity index is 378. The quantitative estimate of drug-likeness (QED) is 0.353. The highest BCUT2D eigenvalue weighted by Gasteiger charge is 2.37. The van der Waals surface area contributed by atoms with Crippen LogP contribution in [0, 0.1) is 17.8 Å². The molecule has 0 N–H and O–H groups in total. The minimum absolute atomic E-state index is 0.196. The highest BCUT2D eigenvalue weighted by molar-refractivity contribution is 5.82. The zero-order valence-corrected chi connectivity index (χ0v) is 16.6. The summed E-state index contributed by atoms with van der Waals surface area (Å²) in [6.45, 7) is 7.42. The first-order chi connectivity index (χ1) is 12.1.